The molecule has 1 atom stereocenters. The second-order valence-corrected chi connectivity index (χ2v) is 8.42. The number of hydrogen-bond donors (Lipinski definition) is 3. The van der Waals surface area contributed by atoms with Gasteiger partial charge in [-0.15, -0.1) is 0 Å². The van der Waals surface area contributed by atoms with E-state index in [1.807, 2.05) is 36.5 Å². The number of nitrogens with one attached hydrogen (secondary N) is 2. The van der Waals surface area contributed by atoms with Crippen LogP contribution in [0.15, 0.2) is 54.9 Å². The number of carboxylic acid groups (broad SMARTS) is 1. The molecule has 0 radical (unpaired) electrons. The van der Waals surface area contributed by atoms with E-state index in [9.17, 15) is 18.0 Å². The number of aromatic amines is 1. The predicted octanol–water partition coefficient (Wildman–Crippen LogP) is 3.98. The monoisotopic (exact) mass is 520 g/mol. The summed E-state index contributed by atoms with van der Waals surface area (Å²) in [4.78, 5) is 23.9. The lowest BCUT2D eigenvalue weighted by atomic mass is 10.0. The van der Waals surface area contributed by atoms with Gasteiger partial charge in [0.25, 0.3) is 5.91 Å². The smallest absolute Gasteiger partial charge is 0.485 e. The van der Waals surface area contributed by atoms with E-state index >= 15 is 0 Å². The SMILES string of the molecule is CN(C)CCCc1cc(-c2cn[nH]c2)ccc1NC(=O)C1COc2ccccc2O1.O=C(O)C(F)(F)F. The molecule has 1 amide bonds. The summed E-state index contributed by atoms with van der Waals surface area (Å²) in [7, 11) is 4.12. The van der Waals surface area contributed by atoms with Crippen LogP contribution in [-0.4, -0.2) is 71.6 Å². The number of alkyl halides is 3. The molecule has 0 aliphatic carbocycles. The standard InChI is InChI=1S/C23H26N4O3.C2HF3O2/c1-27(2)11-5-6-17-12-16(18-13-24-25-14-18)9-10-19(17)26-23(28)22-15-29-20-7-3-4-8-21(20)30-22;3-2(4,5)1(6)7/h3-4,7-10,12-14,22H,5-6,11,15H2,1-2H3,(H,24,25)(H,26,28);(H,6,7). The number of carboxylic acids is 1. The predicted molar refractivity (Wildman–Crippen MR) is 130 cm³/mol. The Balaban J connectivity index is 0.000000479. The largest absolute Gasteiger partial charge is 0.490 e. The van der Waals surface area contributed by atoms with Gasteiger partial charge in [-0.1, -0.05) is 18.2 Å². The maximum Gasteiger partial charge on any atom is 0.490 e. The summed E-state index contributed by atoms with van der Waals surface area (Å²) in [6.45, 7) is 1.16. The number of rotatable bonds is 7. The highest BCUT2D eigenvalue weighted by Gasteiger charge is 2.38. The van der Waals surface area contributed by atoms with E-state index in [4.69, 9.17) is 19.4 Å². The lowest BCUT2D eigenvalue weighted by molar-refractivity contribution is -0.192. The second kappa shape index (κ2) is 12.3. The molecule has 2 heterocycles. The minimum atomic E-state index is -5.08. The summed E-state index contributed by atoms with van der Waals surface area (Å²) < 4.78 is 43.3. The van der Waals surface area contributed by atoms with Gasteiger partial charge < -0.3 is 24.8 Å². The van der Waals surface area contributed by atoms with Crippen LogP contribution in [-0.2, 0) is 16.0 Å². The summed E-state index contributed by atoms with van der Waals surface area (Å²) in [5.74, 6) is -1.72. The fraction of sp³-hybridized carbons (Fsp3) is 0.320. The van der Waals surface area contributed by atoms with Crippen molar-refractivity contribution in [3.63, 3.8) is 0 Å². The van der Waals surface area contributed by atoms with Crippen LogP contribution in [0, 0.1) is 0 Å². The minimum absolute atomic E-state index is 0.186. The van der Waals surface area contributed by atoms with Crippen LogP contribution in [0.5, 0.6) is 11.5 Å². The van der Waals surface area contributed by atoms with Crippen molar-refractivity contribution in [2.45, 2.75) is 25.1 Å². The third kappa shape index (κ3) is 7.97. The molecular formula is C25H27F3N4O5. The Morgan fingerprint density at radius 2 is 1.86 bits per heavy atom. The first-order chi connectivity index (χ1) is 17.5. The van der Waals surface area contributed by atoms with Gasteiger partial charge in [0, 0.05) is 17.4 Å². The molecule has 37 heavy (non-hydrogen) atoms. The molecule has 0 spiro atoms. The fourth-order valence-corrected chi connectivity index (χ4v) is 3.46. The molecule has 1 aliphatic heterocycles. The van der Waals surface area contributed by atoms with Gasteiger partial charge in [-0.3, -0.25) is 9.89 Å². The summed E-state index contributed by atoms with van der Waals surface area (Å²) in [5.41, 5.74) is 3.96. The molecule has 2 aromatic carbocycles. The van der Waals surface area contributed by atoms with Crippen LogP contribution >= 0.6 is 0 Å². The molecule has 4 rings (SSSR count). The zero-order valence-electron chi connectivity index (χ0n) is 20.2. The molecule has 1 aliphatic rings. The third-order valence-electron chi connectivity index (χ3n) is 5.29. The molecule has 12 heteroatoms. The Labute approximate surface area is 211 Å². The first kappa shape index (κ1) is 27.5. The Morgan fingerprint density at radius 3 is 2.49 bits per heavy atom. The summed E-state index contributed by atoms with van der Waals surface area (Å²) in [5, 5.41) is 17.0. The molecule has 3 N–H and O–H groups in total. The highest BCUT2D eigenvalue weighted by atomic mass is 19.4. The van der Waals surface area contributed by atoms with Gasteiger partial charge >= 0.3 is 12.1 Å². The van der Waals surface area contributed by atoms with E-state index in [-0.39, 0.29) is 12.5 Å². The molecule has 1 aromatic heterocycles. The summed E-state index contributed by atoms with van der Waals surface area (Å²) >= 11 is 0. The zero-order valence-corrected chi connectivity index (χ0v) is 20.2. The topological polar surface area (TPSA) is 117 Å². The molecule has 0 saturated carbocycles. The van der Waals surface area contributed by atoms with Gasteiger partial charge in [-0.25, -0.2) is 4.79 Å². The number of ether oxygens (including phenoxy) is 2. The van der Waals surface area contributed by atoms with Gasteiger partial charge in [-0.05, 0) is 68.9 Å². The highest BCUT2D eigenvalue weighted by Crippen LogP contribution is 2.32. The van der Waals surface area contributed by atoms with Crippen molar-refractivity contribution >= 4 is 17.6 Å². The number of fused-ring (bicyclic) bond motifs is 1. The van der Waals surface area contributed by atoms with Crippen LogP contribution in [0.1, 0.15) is 12.0 Å². The Bertz CT molecular complexity index is 1200. The Hall–Kier alpha value is -4.06. The number of halogens is 3. The number of para-hydroxylation sites is 2. The molecular weight excluding hydrogens is 493 g/mol. The second-order valence-electron chi connectivity index (χ2n) is 8.42. The number of aliphatic carboxylic acids is 1. The van der Waals surface area contributed by atoms with Gasteiger partial charge in [0.1, 0.15) is 6.61 Å². The van der Waals surface area contributed by atoms with Gasteiger partial charge in [-0.2, -0.15) is 18.3 Å². The summed E-state index contributed by atoms with van der Waals surface area (Å²) in [6.07, 6.45) is -0.280. The van der Waals surface area contributed by atoms with Gasteiger partial charge in [0.2, 0.25) is 6.10 Å². The molecule has 9 nitrogen and oxygen atoms in total. The first-order valence-electron chi connectivity index (χ1n) is 11.3. The first-order valence-corrected chi connectivity index (χ1v) is 11.3. The lowest BCUT2D eigenvalue weighted by Gasteiger charge is -2.26. The van der Waals surface area contributed by atoms with Crippen molar-refractivity contribution in [3.05, 3.63) is 60.4 Å². The summed E-state index contributed by atoms with van der Waals surface area (Å²) in [6, 6.07) is 13.4. The average molecular weight is 521 g/mol. The molecule has 1 unspecified atom stereocenters. The number of amides is 1. The lowest BCUT2D eigenvalue weighted by Crippen LogP contribution is -2.40. The van der Waals surface area contributed by atoms with Crippen molar-refractivity contribution in [3.8, 4) is 22.6 Å². The number of H-pyrrole nitrogens is 1. The van der Waals surface area contributed by atoms with Crippen LogP contribution in [0.3, 0.4) is 0 Å². The van der Waals surface area contributed by atoms with Crippen LogP contribution < -0.4 is 14.8 Å². The van der Waals surface area contributed by atoms with E-state index in [0.29, 0.717) is 11.5 Å². The van der Waals surface area contributed by atoms with E-state index in [0.717, 1.165) is 41.8 Å². The van der Waals surface area contributed by atoms with E-state index in [1.165, 1.54) is 0 Å². The van der Waals surface area contributed by atoms with Crippen LogP contribution in [0.25, 0.3) is 11.1 Å². The van der Waals surface area contributed by atoms with Crippen molar-refractivity contribution < 1.29 is 37.3 Å². The van der Waals surface area contributed by atoms with Crippen molar-refractivity contribution in [2.75, 3.05) is 32.6 Å². The van der Waals surface area contributed by atoms with Crippen LogP contribution in [0.4, 0.5) is 18.9 Å². The maximum absolute atomic E-state index is 12.9. The maximum atomic E-state index is 12.9. The van der Waals surface area contributed by atoms with Crippen LogP contribution in [0.2, 0.25) is 0 Å². The number of carbonyl (C=O) groups excluding carboxylic acids is 1. The van der Waals surface area contributed by atoms with Gasteiger partial charge in [0.05, 0.1) is 6.20 Å². The quantitative estimate of drug-likeness (QED) is 0.432. The number of aryl methyl sites for hydroxylation is 1. The zero-order chi connectivity index (χ0) is 27.0. The van der Waals surface area contributed by atoms with Crippen molar-refractivity contribution in [1.29, 1.82) is 0 Å². The molecule has 198 valence electrons. The van der Waals surface area contributed by atoms with Crippen molar-refractivity contribution in [2.24, 2.45) is 0 Å². The van der Waals surface area contributed by atoms with E-state index in [1.54, 1.807) is 12.3 Å². The average Bonchev–Trinajstić information content (AvgIpc) is 3.39. The van der Waals surface area contributed by atoms with Gasteiger partial charge in [0.15, 0.2) is 11.5 Å². The number of anilines is 1. The van der Waals surface area contributed by atoms with E-state index in [2.05, 4.69) is 40.6 Å². The number of carbonyl (C=O) groups is 2. The fourth-order valence-electron chi connectivity index (χ4n) is 3.46. The normalized spacial score (nSPS) is 14.5. The third-order valence-corrected chi connectivity index (χ3v) is 5.29. The van der Waals surface area contributed by atoms with Crippen molar-refractivity contribution in [1.82, 2.24) is 15.1 Å². The molecule has 3 aromatic rings. The Morgan fingerprint density at radius 1 is 1.16 bits per heavy atom. The number of nitrogens with zero attached hydrogens (tertiary/aromatic N) is 2. The number of hydrogen-bond acceptors (Lipinski definition) is 6. The highest BCUT2D eigenvalue weighted by molar-refractivity contribution is 5.95. The number of benzene rings is 2. The number of aromatic nitrogens is 2. The molecule has 0 saturated heterocycles. The molecule has 0 fully saturated rings. The minimum Gasteiger partial charge on any atom is -0.485 e. The van der Waals surface area contributed by atoms with E-state index < -0.39 is 18.2 Å². The Kier molecular flexibility index (Phi) is 9.12. The molecule has 0 bridgehead atoms.